The van der Waals surface area contributed by atoms with Crippen LogP contribution in [0.1, 0.15) is 0 Å². The summed E-state index contributed by atoms with van der Waals surface area (Å²) in [5, 5.41) is 0. The highest BCUT2D eigenvalue weighted by molar-refractivity contribution is 8.17. The summed E-state index contributed by atoms with van der Waals surface area (Å²) in [5.41, 5.74) is 0. The topological polar surface area (TPSA) is 0 Å². The van der Waals surface area contributed by atoms with E-state index in [1.807, 2.05) is 23.5 Å². The number of rotatable bonds is 2. The normalized spacial score (nSPS) is 34.2. The molecular weight excluding hydrogens is 196 g/mol. The van der Waals surface area contributed by atoms with E-state index in [2.05, 4.69) is 24.3 Å². The Labute approximate surface area is 78.5 Å². The minimum Gasteiger partial charge on any atom is -0.165 e. The van der Waals surface area contributed by atoms with Crippen molar-refractivity contribution in [1.29, 1.82) is 0 Å². The van der Waals surface area contributed by atoms with Crippen molar-refractivity contribution in [1.82, 2.24) is 0 Å². The van der Waals surface area contributed by atoms with Gasteiger partial charge in [-0.2, -0.15) is 23.5 Å². The standard InChI is InChI=1S/C6H12S3Si/c1-7-5-4-10-6(8-2)3-9-5/h5-6H,3-4H2,1-2H3. The van der Waals surface area contributed by atoms with Gasteiger partial charge in [0.15, 0.2) is 0 Å². The molecule has 0 saturated carbocycles. The van der Waals surface area contributed by atoms with Gasteiger partial charge in [-0.1, -0.05) is 0 Å². The first kappa shape index (κ1) is 9.36. The molecule has 0 aromatic carbocycles. The summed E-state index contributed by atoms with van der Waals surface area (Å²) in [5.74, 6) is 1.38. The van der Waals surface area contributed by atoms with Gasteiger partial charge in [-0.25, -0.2) is 0 Å². The van der Waals surface area contributed by atoms with Gasteiger partial charge >= 0.3 is 0 Å². The largest absolute Gasteiger partial charge is 0.165 e. The van der Waals surface area contributed by atoms with Gasteiger partial charge in [0.2, 0.25) is 0 Å². The van der Waals surface area contributed by atoms with E-state index in [9.17, 15) is 0 Å². The minimum atomic E-state index is 0.904. The molecule has 0 nitrogen and oxygen atoms in total. The van der Waals surface area contributed by atoms with Gasteiger partial charge in [-0.3, -0.25) is 0 Å². The van der Waals surface area contributed by atoms with Crippen molar-refractivity contribution >= 4 is 44.8 Å². The van der Waals surface area contributed by atoms with Crippen LogP contribution in [0.2, 0.25) is 6.04 Å². The molecule has 1 aliphatic rings. The average molecular weight is 208 g/mol. The molecular formula is C6H12S3Si. The van der Waals surface area contributed by atoms with Gasteiger partial charge < -0.3 is 0 Å². The third-order valence-electron chi connectivity index (χ3n) is 1.49. The van der Waals surface area contributed by atoms with Gasteiger partial charge in [-0.15, -0.1) is 11.8 Å². The fourth-order valence-corrected chi connectivity index (χ4v) is 6.68. The van der Waals surface area contributed by atoms with Crippen LogP contribution in [0.5, 0.6) is 0 Å². The third-order valence-corrected chi connectivity index (χ3v) is 8.58. The second-order valence-corrected chi connectivity index (χ2v) is 7.68. The second-order valence-electron chi connectivity index (χ2n) is 2.13. The lowest BCUT2D eigenvalue weighted by molar-refractivity contribution is 1.25. The summed E-state index contributed by atoms with van der Waals surface area (Å²) >= 11 is 6.20. The van der Waals surface area contributed by atoms with Crippen LogP contribution in [0.4, 0.5) is 0 Å². The van der Waals surface area contributed by atoms with Crippen LogP contribution in [0.25, 0.3) is 0 Å². The van der Waals surface area contributed by atoms with Crippen molar-refractivity contribution in [3.8, 4) is 0 Å². The number of hydrogen-bond acceptors (Lipinski definition) is 3. The van der Waals surface area contributed by atoms with E-state index < -0.39 is 0 Å². The van der Waals surface area contributed by atoms with Crippen LogP contribution < -0.4 is 0 Å². The summed E-state index contributed by atoms with van der Waals surface area (Å²) in [6, 6.07) is 1.44. The van der Waals surface area contributed by atoms with Crippen LogP contribution in [-0.4, -0.2) is 37.2 Å². The molecule has 1 fully saturated rings. The van der Waals surface area contributed by atoms with Crippen molar-refractivity contribution in [3.05, 3.63) is 0 Å². The molecule has 0 aromatic heterocycles. The fraction of sp³-hybridized carbons (Fsp3) is 1.00. The summed E-state index contributed by atoms with van der Waals surface area (Å²) < 4.78 is 0.904. The maximum Gasteiger partial charge on any atom is 0.0582 e. The number of thioether (sulfide) groups is 3. The van der Waals surface area contributed by atoms with Gasteiger partial charge in [0.05, 0.1) is 9.52 Å². The lowest BCUT2D eigenvalue weighted by atomic mass is 10.9. The highest BCUT2D eigenvalue weighted by atomic mass is 32.2. The molecule has 1 aliphatic heterocycles. The average Bonchev–Trinajstić information content (AvgIpc) is 2.05. The lowest BCUT2D eigenvalue weighted by Crippen LogP contribution is -2.24. The predicted octanol–water partition coefficient (Wildman–Crippen LogP) is 2.23. The van der Waals surface area contributed by atoms with E-state index in [0.717, 1.165) is 9.46 Å². The molecule has 1 rings (SSSR count). The zero-order valence-electron chi connectivity index (χ0n) is 6.29. The maximum atomic E-state index is 2.23. The van der Waals surface area contributed by atoms with Crippen molar-refractivity contribution < 1.29 is 0 Å². The minimum absolute atomic E-state index is 0.904. The van der Waals surface area contributed by atoms with E-state index in [1.54, 1.807) is 0 Å². The van der Waals surface area contributed by atoms with Crippen molar-refractivity contribution in [2.75, 3.05) is 18.3 Å². The molecule has 58 valence electrons. The molecule has 0 aromatic rings. The molecule has 1 saturated heterocycles. The van der Waals surface area contributed by atoms with Gasteiger partial charge in [0, 0.05) is 15.2 Å². The Morgan fingerprint density at radius 1 is 1.40 bits per heavy atom. The first-order chi connectivity index (χ1) is 4.86. The molecule has 2 atom stereocenters. The Kier molecular flexibility index (Phi) is 4.69. The Hall–Kier alpha value is 1.27. The van der Waals surface area contributed by atoms with E-state index in [0.29, 0.717) is 0 Å². The SMILES string of the molecule is CSC1CSC(SC)C[Si]1. The van der Waals surface area contributed by atoms with Crippen molar-refractivity contribution in [2.45, 2.75) is 15.5 Å². The predicted molar refractivity (Wildman–Crippen MR) is 57.6 cm³/mol. The van der Waals surface area contributed by atoms with E-state index in [4.69, 9.17) is 0 Å². The highest BCUT2D eigenvalue weighted by Crippen LogP contribution is 2.32. The first-order valence-electron chi connectivity index (χ1n) is 3.27. The molecule has 1 heterocycles. The molecule has 2 unspecified atom stereocenters. The second kappa shape index (κ2) is 5.01. The molecule has 0 N–H and O–H groups in total. The summed E-state index contributed by atoms with van der Waals surface area (Å²) in [7, 11) is 1.20. The molecule has 0 spiro atoms. The van der Waals surface area contributed by atoms with Crippen LogP contribution >= 0.6 is 35.3 Å². The molecule has 2 radical (unpaired) electrons. The van der Waals surface area contributed by atoms with Gasteiger partial charge in [0.25, 0.3) is 0 Å². The molecule has 4 heteroatoms. The quantitative estimate of drug-likeness (QED) is 0.639. The van der Waals surface area contributed by atoms with Gasteiger partial charge in [-0.05, 0) is 18.6 Å². The smallest absolute Gasteiger partial charge is 0.0582 e. The summed E-state index contributed by atoms with van der Waals surface area (Å²) in [6.45, 7) is 0. The lowest BCUT2D eigenvalue weighted by Gasteiger charge is -2.24. The zero-order valence-corrected chi connectivity index (χ0v) is 9.74. The Morgan fingerprint density at radius 2 is 2.20 bits per heavy atom. The third kappa shape index (κ3) is 2.72. The molecule has 10 heavy (non-hydrogen) atoms. The van der Waals surface area contributed by atoms with Crippen LogP contribution in [0, 0.1) is 0 Å². The Morgan fingerprint density at radius 3 is 2.60 bits per heavy atom. The highest BCUT2D eigenvalue weighted by Gasteiger charge is 2.20. The summed E-state index contributed by atoms with van der Waals surface area (Å²) in [4.78, 5) is 0.966. The molecule has 0 amide bonds. The van der Waals surface area contributed by atoms with Crippen molar-refractivity contribution in [3.63, 3.8) is 0 Å². The van der Waals surface area contributed by atoms with E-state index in [-0.39, 0.29) is 0 Å². The van der Waals surface area contributed by atoms with E-state index >= 15 is 0 Å². The zero-order chi connectivity index (χ0) is 7.40. The monoisotopic (exact) mass is 208 g/mol. The van der Waals surface area contributed by atoms with Crippen LogP contribution in [-0.2, 0) is 0 Å². The Balaban J connectivity index is 2.17. The summed E-state index contributed by atoms with van der Waals surface area (Å²) in [6.07, 6.45) is 4.46. The fourth-order valence-electron chi connectivity index (χ4n) is 0.843. The molecule has 0 bridgehead atoms. The Bertz CT molecular complexity index is 79.0. The molecule has 0 aliphatic carbocycles. The van der Waals surface area contributed by atoms with Crippen molar-refractivity contribution in [2.24, 2.45) is 0 Å². The maximum absolute atomic E-state index is 2.23. The van der Waals surface area contributed by atoms with Gasteiger partial charge in [0.1, 0.15) is 0 Å². The van der Waals surface area contributed by atoms with E-state index in [1.165, 1.54) is 21.3 Å². The van der Waals surface area contributed by atoms with Crippen LogP contribution in [0.15, 0.2) is 0 Å². The first-order valence-corrected chi connectivity index (χ1v) is 8.18. The van der Waals surface area contributed by atoms with Crippen LogP contribution in [0.3, 0.4) is 0 Å². The number of hydrogen-bond donors (Lipinski definition) is 0.